The van der Waals surface area contributed by atoms with Gasteiger partial charge in [-0.15, -0.1) is 0 Å². The third-order valence-electron chi connectivity index (χ3n) is 6.80. The van der Waals surface area contributed by atoms with Crippen LogP contribution < -0.4 is 12.4 Å². The van der Waals surface area contributed by atoms with Crippen LogP contribution in [0.1, 0.15) is 46.9 Å². The van der Waals surface area contributed by atoms with Crippen molar-refractivity contribution >= 4 is 0 Å². The quantitative estimate of drug-likeness (QED) is 0.398. The number of aryl methyl sites for hydroxylation is 4. The highest BCUT2D eigenvalue weighted by molar-refractivity contribution is 5.55. The zero-order valence-corrected chi connectivity index (χ0v) is 21.2. The van der Waals surface area contributed by atoms with Gasteiger partial charge in [0.05, 0.1) is 13.1 Å². The first kappa shape index (κ1) is 24.2. The number of halogens is 1. The normalized spacial score (nSPS) is 14.8. The van der Waals surface area contributed by atoms with E-state index in [1.165, 1.54) is 24.0 Å². The number of oxazole rings is 2. The lowest BCUT2D eigenvalue weighted by Gasteiger charge is -2.33. The number of quaternary nitrogens is 1. The van der Waals surface area contributed by atoms with Gasteiger partial charge < -0.3 is 25.7 Å². The summed E-state index contributed by atoms with van der Waals surface area (Å²) in [5.41, 5.74) is 6.58. The number of rotatable bonds is 6. The van der Waals surface area contributed by atoms with Crippen molar-refractivity contribution in [3.63, 3.8) is 0 Å². The van der Waals surface area contributed by atoms with E-state index < -0.39 is 0 Å². The molecule has 1 aliphatic heterocycles. The molecular weight excluding hydrogens is 446 g/mol. The second-order valence-corrected chi connectivity index (χ2v) is 9.59. The van der Waals surface area contributed by atoms with Gasteiger partial charge >= 0.3 is 0 Å². The van der Waals surface area contributed by atoms with E-state index in [1.54, 1.807) is 0 Å². The van der Waals surface area contributed by atoms with Crippen LogP contribution >= 0.6 is 0 Å². The lowest BCUT2D eigenvalue weighted by atomic mass is 10.1. The number of hydrogen-bond acceptors (Lipinski definition) is 4. The fourth-order valence-electron chi connectivity index (χ4n) is 4.97. The second kappa shape index (κ2) is 9.77. The minimum Gasteiger partial charge on any atom is -1.00 e. The molecule has 0 spiro atoms. The third kappa shape index (κ3) is 4.96. The first-order valence-electron chi connectivity index (χ1n) is 11.8. The fraction of sp³-hybridized carbons (Fsp3) is 0.357. The summed E-state index contributed by atoms with van der Waals surface area (Å²) in [6, 6.07) is 16.7. The summed E-state index contributed by atoms with van der Waals surface area (Å²) >= 11 is 0. The molecule has 5 rings (SSSR count). The predicted molar refractivity (Wildman–Crippen MR) is 129 cm³/mol. The molecule has 0 N–H and O–H groups in total. The molecule has 178 valence electrons. The fourth-order valence-corrected chi connectivity index (χ4v) is 4.97. The number of aromatic nitrogens is 2. The van der Waals surface area contributed by atoms with Gasteiger partial charge in [-0.1, -0.05) is 35.4 Å². The first-order chi connectivity index (χ1) is 15.9. The van der Waals surface area contributed by atoms with Crippen molar-refractivity contribution in [3.05, 3.63) is 82.6 Å². The van der Waals surface area contributed by atoms with Crippen LogP contribution in [0.15, 0.2) is 57.4 Å². The molecule has 0 aliphatic carbocycles. The maximum atomic E-state index is 6.10. The molecule has 1 saturated heterocycles. The zero-order valence-electron chi connectivity index (χ0n) is 20.4. The van der Waals surface area contributed by atoms with Crippen molar-refractivity contribution in [2.24, 2.45) is 0 Å². The lowest BCUT2D eigenvalue weighted by Crippen LogP contribution is -3.00. The van der Waals surface area contributed by atoms with Crippen molar-refractivity contribution in [1.82, 2.24) is 9.97 Å². The Morgan fingerprint density at radius 2 is 1.15 bits per heavy atom. The van der Waals surface area contributed by atoms with Gasteiger partial charge in [0.1, 0.15) is 36.0 Å². The Morgan fingerprint density at radius 3 is 1.56 bits per heavy atom. The van der Waals surface area contributed by atoms with Crippen LogP contribution in [-0.4, -0.2) is 27.5 Å². The summed E-state index contributed by atoms with van der Waals surface area (Å²) in [5, 5.41) is 0. The maximum absolute atomic E-state index is 6.10. The number of nitrogens with zero attached hydrogens (tertiary/aromatic N) is 3. The van der Waals surface area contributed by atoms with Crippen LogP contribution in [0.5, 0.6) is 0 Å². The van der Waals surface area contributed by atoms with Crippen LogP contribution in [0.4, 0.5) is 0 Å². The average molecular weight is 478 g/mol. The van der Waals surface area contributed by atoms with Gasteiger partial charge in [-0.2, -0.15) is 0 Å². The van der Waals surface area contributed by atoms with Crippen molar-refractivity contribution in [1.29, 1.82) is 0 Å². The predicted octanol–water partition coefficient (Wildman–Crippen LogP) is 3.55. The molecule has 0 atom stereocenters. The van der Waals surface area contributed by atoms with Gasteiger partial charge in [-0.3, -0.25) is 0 Å². The Morgan fingerprint density at radius 1 is 0.706 bits per heavy atom. The van der Waals surface area contributed by atoms with Crippen LogP contribution in [0, 0.1) is 27.7 Å². The molecule has 1 aliphatic rings. The molecule has 3 heterocycles. The molecule has 4 aromatic rings. The molecule has 6 heteroatoms. The van der Waals surface area contributed by atoms with Crippen LogP contribution in [0.25, 0.3) is 22.9 Å². The maximum Gasteiger partial charge on any atom is 0.226 e. The highest BCUT2D eigenvalue weighted by Crippen LogP contribution is 2.32. The molecule has 0 unspecified atom stereocenters. The van der Waals surface area contributed by atoms with Crippen molar-refractivity contribution in [2.45, 2.75) is 53.6 Å². The van der Waals surface area contributed by atoms with Gasteiger partial charge in [0.2, 0.25) is 11.8 Å². The third-order valence-corrected chi connectivity index (χ3v) is 6.80. The monoisotopic (exact) mass is 477 g/mol. The van der Waals surface area contributed by atoms with E-state index in [9.17, 15) is 0 Å². The molecule has 5 nitrogen and oxygen atoms in total. The number of hydrogen-bond donors (Lipinski definition) is 0. The molecule has 0 saturated carbocycles. The Hall–Kier alpha value is -2.89. The van der Waals surface area contributed by atoms with Gasteiger partial charge in [0.25, 0.3) is 0 Å². The smallest absolute Gasteiger partial charge is 0.226 e. The molecule has 0 radical (unpaired) electrons. The Bertz CT molecular complexity index is 1190. The van der Waals surface area contributed by atoms with Gasteiger partial charge in [0.15, 0.2) is 0 Å². The van der Waals surface area contributed by atoms with Crippen molar-refractivity contribution in [3.8, 4) is 22.9 Å². The topological polar surface area (TPSA) is 52.1 Å². The zero-order chi connectivity index (χ0) is 23.0. The van der Waals surface area contributed by atoms with Crippen LogP contribution in [0.2, 0.25) is 0 Å². The second-order valence-electron chi connectivity index (χ2n) is 9.59. The Labute approximate surface area is 207 Å². The van der Waals surface area contributed by atoms with E-state index in [1.807, 2.05) is 13.8 Å². The molecular formula is C28H32ClN3O2. The van der Waals surface area contributed by atoms with Crippen LogP contribution in [0.3, 0.4) is 0 Å². The molecule has 2 aromatic carbocycles. The first-order valence-corrected chi connectivity index (χ1v) is 11.8. The molecule has 2 aromatic heterocycles. The molecule has 0 amide bonds. The van der Waals surface area contributed by atoms with E-state index in [4.69, 9.17) is 18.8 Å². The Kier molecular flexibility index (Phi) is 6.96. The SMILES string of the molecule is Cc1cccc(-c2nc(C[N+]3(Cc4nc(-c5cccc(C)c5)oc4C)CCCC3)c(C)o2)c1.[Cl-]. The minimum atomic E-state index is 0. The van der Waals surface area contributed by atoms with Crippen molar-refractivity contribution in [2.75, 3.05) is 13.1 Å². The molecule has 1 fully saturated rings. The van der Waals surface area contributed by atoms with Crippen LogP contribution in [-0.2, 0) is 13.1 Å². The molecule has 34 heavy (non-hydrogen) atoms. The van der Waals surface area contributed by atoms with Crippen molar-refractivity contribution < 1.29 is 25.7 Å². The van der Waals surface area contributed by atoms with E-state index in [-0.39, 0.29) is 12.4 Å². The minimum absolute atomic E-state index is 0. The average Bonchev–Trinajstić information content (AvgIpc) is 3.49. The highest BCUT2D eigenvalue weighted by Gasteiger charge is 2.36. The van der Waals surface area contributed by atoms with Gasteiger partial charge in [-0.25, -0.2) is 9.97 Å². The van der Waals surface area contributed by atoms with Gasteiger partial charge in [-0.05, 0) is 52.0 Å². The summed E-state index contributed by atoms with van der Waals surface area (Å²) in [7, 11) is 0. The van der Waals surface area contributed by atoms with E-state index in [0.717, 1.165) is 64.7 Å². The molecule has 0 bridgehead atoms. The largest absolute Gasteiger partial charge is 1.00 e. The van der Waals surface area contributed by atoms with E-state index >= 15 is 0 Å². The van der Waals surface area contributed by atoms with E-state index in [0.29, 0.717) is 11.8 Å². The summed E-state index contributed by atoms with van der Waals surface area (Å²) in [4.78, 5) is 9.86. The number of benzene rings is 2. The summed E-state index contributed by atoms with van der Waals surface area (Å²) in [6.45, 7) is 12.2. The van der Waals surface area contributed by atoms with Gasteiger partial charge in [0, 0.05) is 24.0 Å². The summed E-state index contributed by atoms with van der Waals surface area (Å²) < 4.78 is 13.2. The summed E-state index contributed by atoms with van der Waals surface area (Å²) in [5.74, 6) is 3.24. The summed E-state index contributed by atoms with van der Waals surface area (Å²) in [6.07, 6.45) is 2.45. The Balaban J connectivity index is 0.00000274. The van der Waals surface area contributed by atoms with E-state index in [2.05, 4.69) is 62.4 Å². The highest BCUT2D eigenvalue weighted by atomic mass is 35.5. The number of likely N-dealkylation sites (tertiary alicyclic amines) is 1. The standard InChI is InChI=1S/C28H32N3O2.ClH/c1-19-9-7-11-23(15-19)27-29-25(21(3)32-27)17-31(13-5-6-14-31)18-26-22(4)33-28(30-26)24-12-8-10-20(2)16-24;/h7-12,15-16H,5-6,13-14,17-18H2,1-4H3;1H/q+1;/p-1. The lowest BCUT2D eigenvalue weighted by molar-refractivity contribution is -0.943.